The second kappa shape index (κ2) is 7.72. The monoisotopic (exact) mass is 352 g/mol. The molecule has 2 aromatic heterocycles. The first-order valence-corrected chi connectivity index (χ1v) is 8.62. The second-order valence-corrected chi connectivity index (χ2v) is 6.34. The summed E-state index contributed by atoms with van der Waals surface area (Å²) < 4.78 is 0. The minimum Gasteiger partial charge on any atom is -0.478 e. The number of aromatic nitrogens is 1. The highest BCUT2D eigenvalue weighted by atomic mass is 32.1. The fraction of sp³-hybridized carbons (Fsp3) is 0.105. The van der Waals surface area contributed by atoms with E-state index in [0.29, 0.717) is 17.8 Å². The number of aromatic carboxylic acids is 1. The number of hydrogen-bond donors (Lipinski definition) is 2. The SMILES string of the molecule is O=C(CCc1ccc(-c2ccccn2)cc1)Nc1sccc1C(=O)O. The first-order valence-electron chi connectivity index (χ1n) is 7.74. The number of nitrogens with zero attached hydrogens (tertiary/aromatic N) is 1. The van der Waals surface area contributed by atoms with Crippen molar-refractivity contribution in [3.8, 4) is 11.3 Å². The Hall–Kier alpha value is -2.99. The lowest BCUT2D eigenvalue weighted by Crippen LogP contribution is -2.13. The summed E-state index contributed by atoms with van der Waals surface area (Å²) >= 11 is 1.21. The van der Waals surface area contributed by atoms with Gasteiger partial charge in [0.15, 0.2) is 0 Å². The van der Waals surface area contributed by atoms with Crippen LogP contribution in [0.25, 0.3) is 11.3 Å². The maximum absolute atomic E-state index is 12.0. The van der Waals surface area contributed by atoms with E-state index in [1.54, 1.807) is 11.6 Å². The van der Waals surface area contributed by atoms with E-state index in [2.05, 4.69) is 10.3 Å². The number of benzene rings is 1. The van der Waals surface area contributed by atoms with Crippen LogP contribution in [0.2, 0.25) is 0 Å². The summed E-state index contributed by atoms with van der Waals surface area (Å²) in [5.74, 6) is -1.24. The number of carboxylic acid groups (broad SMARTS) is 1. The molecule has 0 saturated heterocycles. The number of thiophene rings is 1. The van der Waals surface area contributed by atoms with E-state index < -0.39 is 5.97 Å². The number of rotatable bonds is 6. The van der Waals surface area contributed by atoms with Gasteiger partial charge in [0.1, 0.15) is 5.00 Å². The van der Waals surface area contributed by atoms with E-state index in [4.69, 9.17) is 5.11 Å². The van der Waals surface area contributed by atoms with E-state index in [1.807, 2.05) is 42.5 Å². The van der Waals surface area contributed by atoms with Gasteiger partial charge in [0.05, 0.1) is 11.3 Å². The Bertz CT molecular complexity index is 873. The fourth-order valence-electron chi connectivity index (χ4n) is 2.40. The molecular formula is C19H16N2O3S. The summed E-state index contributed by atoms with van der Waals surface area (Å²) in [7, 11) is 0. The van der Waals surface area contributed by atoms with Crippen LogP contribution in [-0.2, 0) is 11.2 Å². The van der Waals surface area contributed by atoms with Gasteiger partial charge in [0, 0.05) is 18.2 Å². The third-order valence-corrected chi connectivity index (χ3v) is 4.53. The molecule has 1 aromatic carbocycles. The minimum atomic E-state index is -1.04. The fourth-order valence-corrected chi connectivity index (χ4v) is 3.19. The Morgan fingerprint density at radius 3 is 2.56 bits per heavy atom. The third-order valence-electron chi connectivity index (χ3n) is 3.70. The topological polar surface area (TPSA) is 79.3 Å². The normalized spacial score (nSPS) is 10.4. The molecule has 5 nitrogen and oxygen atoms in total. The highest BCUT2D eigenvalue weighted by molar-refractivity contribution is 7.14. The van der Waals surface area contributed by atoms with Gasteiger partial charge in [0.2, 0.25) is 5.91 Å². The van der Waals surface area contributed by atoms with Gasteiger partial charge in [-0.05, 0) is 35.6 Å². The molecule has 0 radical (unpaired) electrons. The molecule has 0 bridgehead atoms. The molecule has 0 unspecified atom stereocenters. The van der Waals surface area contributed by atoms with E-state index in [9.17, 15) is 9.59 Å². The summed E-state index contributed by atoms with van der Waals surface area (Å²) in [6.45, 7) is 0. The zero-order valence-electron chi connectivity index (χ0n) is 13.3. The van der Waals surface area contributed by atoms with E-state index >= 15 is 0 Å². The van der Waals surface area contributed by atoms with E-state index in [-0.39, 0.29) is 11.5 Å². The van der Waals surface area contributed by atoms with Crippen molar-refractivity contribution >= 4 is 28.2 Å². The molecule has 25 heavy (non-hydrogen) atoms. The molecule has 0 saturated carbocycles. The van der Waals surface area contributed by atoms with Crippen LogP contribution in [0.1, 0.15) is 22.3 Å². The summed E-state index contributed by atoms with van der Waals surface area (Å²) in [5.41, 5.74) is 3.10. The molecule has 0 aliphatic heterocycles. The standard InChI is InChI=1S/C19H16N2O3S/c22-17(21-18-15(19(23)24)10-12-25-18)9-6-13-4-7-14(8-5-13)16-3-1-2-11-20-16/h1-5,7-8,10-12H,6,9H2,(H,21,22)(H,23,24). The summed E-state index contributed by atoms with van der Waals surface area (Å²) in [4.78, 5) is 27.4. The van der Waals surface area contributed by atoms with Crippen LogP contribution in [-0.4, -0.2) is 22.0 Å². The number of pyridine rings is 1. The van der Waals surface area contributed by atoms with Gasteiger partial charge < -0.3 is 10.4 Å². The average Bonchev–Trinajstić information content (AvgIpc) is 3.09. The Kier molecular flexibility index (Phi) is 5.20. The van der Waals surface area contributed by atoms with Crippen molar-refractivity contribution in [3.05, 3.63) is 71.2 Å². The number of aryl methyl sites for hydroxylation is 1. The molecular weight excluding hydrogens is 336 g/mol. The highest BCUT2D eigenvalue weighted by Gasteiger charge is 2.13. The predicted octanol–water partition coefficient (Wildman–Crippen LogP) is 4.08. The maximum atomic E-state index is 12.0. The largest absolute Gasteiger partial charge is 0.478 e. The third kappa shape index (κ3) is 4.30. The highest BCUT2D eigenvalue weighted by Crippen LogP contribution is 2.23. The molecule has 6 heteroatoms. The predicted molar refractivity (Wildman–Crippen MR) is 97.9 cm³/mol. The van der Waals surface area contributed by atoms with Crippen LogP contribution < -0.4 is 5.32 Å². The van der Waals surface area contributed by atoms with Gasteiger partial charge in [-0.25, -0.2) is 4.79 Å². The number of carbonyl (C=O) groups is 2. The van der Waals surface area contributed by atoms with Crippen molar-refractivity contribution in [2.75, 3.05) is 5.32 Å². The molecule has 3 aromatic rings. The number of carbonyl (C=O) groups excluding carboxylic acids is 1. The number of amides is 1. The zero-order valence-corrected chi connectivity index (χ0v) is 14.1. The molecule has 0 aliphatic carbocycles. The van der Waals surface area contributed by atoms with Crippen LogP contribution in [0, 0.1) is 0 Å². The number of hydrogen-bond acceptors (Lipinski definition) is 4. The second-order valence-electron chi connectivity index (χ2n) is 5.43. The molecule has 2 N–H and O–H groups in total. The average molecular weight is 352 g/mol. The molecule has 3 rings (SSSR count). The number of nitrogens with one attached hydrogen (secondary N) is 1. The molecule has 126 valence electrons. The molecule has 0 spiro atoms. The summed E-state index contributed by atoms with van der Waals surface area (Å²) in [5, 5.41) is 13.7. The molecule has 1 amide bonds. The first kappa shape index (κ1) is 16.9. The van der Waals surface area contributed by atoms with Gasteiger partial charge in [-0.2, -0.15) is 0 Å². The van der Waals surface area contributed by atoms with Crippen molar-refractivity contribution in [2.24, 2.45) is 0 Å². The van der Waals surface area contributed by atoms with Crippen molar-refractivity contribution in [2.45, 2.75) is 12.8 Å². The Balaban J connectivity index is 1.57. The van der Waals surface area contributed by atoms with E-state index in [0.717, 1.165) is 16.8 Å². The van der Waals surface area contributed by atoms with Crippen LogP contribution in [0.5, 0.6) is 0 Å². The van der Waals surface area contributed by atoms with Gasteiger partial charge in [-0.1, -0.05) is 30.3 Å². The van der Waals surface area contributed by atoms with Crippen molar-refractivity contribution in [1.82, 2.24) is 4.98 Å². The Labute approximate surface area is 149 Å². The number of anilines is 1. The van der Waals surface area contributed by atoms with Gasteiger partial charge >= 0.3 is 5.97 Å². The van der Waals surface area contributed by atoms with Crippen LogP contribution in [0.15, 0.2) is 60.1 Å². The van der Waals surface area contributed by atoms with Crippen LogP contribution in [0.3, 0.4) is 0 Å². The summed E-state index contributed by atoms with van der Waals surface area (Å²) in [6.07, 6.45) is 2.63. The lowest BCUT2D eigenvalue weighted by molar-refractivity contribution is -0.116. The van der Waals surface area contributed by atoms with Gasteiger partial charge in [-0.3, -0.25) is 9.78 Å². The molecule has 0 atom stereocenters. The smallest absolute Gasteiger partial charge is 0.338 e. The maximum Gasteiger partial charge on any atom is 0.338 e. The van der Waals surface area contributed by atoms with Crippen LogP contribution in [0.4, 0.5) is 5.00 Å². The van der Waals surface area contributed by atoms with Crippen molar-refractivity contribution in [3.63, 3.8) is 0 Å². The molecule has 0 aliphatic rings. The zero-order chi connectivity index (χ0) is 17.6. The minimum absolute atomic E-state index is 0.123. The number of carboxylic acids is 1. The summed E-state index contributed by atoms with van der Waals surface area (Å²) in [6, 6.07) is 15.2. The van der Waals surface area contributed by atoms with Crippen LogP contribution >= 0.6 is 11.3 Å². The van der Waals surface area contributed by atoms with E-state index in [1.165, 1.54) is 17.4 Å². The molecule has 0 fully saturated rings. The van der Waals surface area contributed by atoms with Crippen molar-refractivity contribution < 1.29 is 14.7 Å². The van der Waals surface area contributed by atoms with Gasteiger partial charge in [-0.15, -0.1) is 11.3 Å². The van der Waals surface area contributed by atoms with Gasteiger partial charge in [0.25, 0.3) is 0 Å². The first-order chi connectivity index (χ1) is 12.1. The lowest BCUT2D eigenvalue weighted by Gasteiger charge is -2.06. The Morgan fingerprint density at radius 2 is 1.88 bits per heavy atom. The lowest BCUT2D eigenvalue weighted by atomic mass is 10.1. The Morgan fingerprint density at radius 1 is 1.08 bits per heavy atom. The van der Waals surface area contributed by atoms with Crippen molar-refractivity contribution in [1.29, 1.82) is 0 Å². The molecule has 2 heterocycles. The quantitative estimate of drug-likeness (QED) is 0.700.